The molecule has 1 fully saturated rings. The molecule has 4 nitrogen and oxygen atoms in total. The normalized spacial score (nSPS) is 27.8. The first-order valence-electron chi connectivity index (χ1n) is 6.64. The fourth-order valence-corrected chi connectivity index (χ4v) is 1.91. The summed E-state index contributed by atoms with van der Waals surface area (Å²) in [4.78, 5) is 11.8. The van der Waals surface area contributed by atoms with Crippen LogP contribution in [0.15, 0.2) is 0 Å². The van der Waals surface area contributed by atoms with Gasteiger partial charge in [0.1, 0.15) is 0 Å². The van der Waals surface area contributed by atoms with Crippen molar-refractivity contribution in [1.82, 2.24) is 10.6 Å². The molecule has 0 aromatic rings. The van der Waals surface area contributed by atoms with Crippen LogP contribution >= 0.6 is 0 Å². The SMILES string of the molecule is CCC(C)NC(=O)C(C)NCC1(C)CCCO1. The Morgan fingerprint density at radius 3 is 2.71 bits per heavy atom. The summed E-state index contributed by atoms with van der Waals surface area (Å²) in [6.07, 6.45) is 3.14. The van der Waals surface area contributed by atoms with Crippen molar-refractivity contribution in [3.05, 3.63) is 0 Å². The number of hydrogen-bond acceptors (Lipinski definition) is 3. The topological polar surface area (TPSA) is 50.4 Å². The summed E-state index contributed by atoms with van der Waals surface area (Å²) in [5, 5.41) is 6.23. The second kappa shape index (κ2) is 6.36. The first-order valence-corrected chi connectivity index (χ1v) is 6.64. The van der Waals surface area contributed by atoms with E-state index in [0.717, 1.165) is 32.4 Å². The summed E-state index contributed by atoms with van der Waals surface area (Å²) in [5.41, 5.74) is -0.0923. The highest BCUT2D eigenvalue weighted by Crippen LogP contribution is 2.23. The van der Waals surface area contributed by atoms with E-state index in [1.807, 2.05) is 13.8 Å². The zero-order valence-corrected chi connectivity index (χ0v) is 11.5. The van der Waals surface area contributed by atoms with E-state index in [4.69, 9.17) is 4.74 Å². The molecule has 0 bridgehead atoms. The molecule has 1 heterocycles. The highest BCUT2D eigenvalue weighted by molar-refractivity contribution is 5.81. The third kappa shape index (κ3) is 4.64. The first kappa shape index (κ1) is 14.5. The highest BCUT2D eigenvalue weighted by Gasteiger charge is 2.30. The zero-order valence-electron chi connectivity index (χ0n) is 11.5. The minimum Gasteiger partial charge on any atom is -0.374 e. The summed E-state index contributed by atoms with van der Waals surface area (Å²) in [6.45, 7) is 9.67. The minimum absolute atomic E-state index is 0.0703. The molecule has 0 aliphatic carbocycles. The van der Waals surface area contributed by atoms with E-state index in [2.05, 4.69) is 24.5 Å². The van der Waals surface area contributed by atoms with Crippen LogP contribution in [0, 0.1) is 0 Å². The fraction of sp³-hybridized carbons (Fsp3) is 0.923. The number of amides is 1. The standard InChI is InChI=1S/C13H26N2O2/c1-5-10(2)15-12(16)11(3)14-9-13(4)7-6-8-17-13/h10-11,14H,5-9H2,1-4H3,(H,15,16). The van der Waals surface area contributed by atoms with Crippen molar-refractivity contribution in [2.24, 2.45) is 0 Å². The number of ether oxygens (including phenoxy) is 1. The predicted molar refractivity (Wildman–Crippen MR) is 69.0 cm³/mol. The van der Waals surface area contributed by atoms with Crippen molar-refractivity contribution in [3.8, 4) is 0 Å². The van der Waals surface area contributed by atoms with Gasteiger partial charge in [-0.05, 0) is 40.0 Å². The number of nitrogens with one attached hydrogen (secondary N) is 2. The number of hydrogen-bond donors (Lipinski definition) is 2. The lowest BCUT2D eigenvalue weighted by molar-refractivity contribution is -0.123. The summed E-state index contributed by atoms with van der Waals surface area (Å²) < 4.78 is 5.68. The van der Waals surface area contributed by atoms with Gasteiger partial charge in [0.25, 0.3) is 0 Å². The molecule has 0 aromatic heterocycles. The van der Waals surface area contributed by atoms with Crippen LogP contribution < -0.4 is 10.6 Å². The van der Waals surface area contributed by atoms with Gasteiger partial charge in [-0.3, -0.25) is 4.79 Å². The number of carbonyl (C=O) groups is 1. The van der Waals surface area contributed by atoms with Crippen LogP contribution in [0.1, 0.15) is 47.0 Å². The van der Waals surface area contributed by atoms with E-state index in [0.29, 0.717) is 0 Å². The van der Waals surface area contributed by atoms with E-state index >= 15 is 0 Å². The van der Waals surface area contributed by atoms with Crippen LogP contribution in [0.25, 0.3) is 0 Å². The Morgan fingerprint density at radius 1 is 1.47 bits per heavy atom. The van der Waals surface area contributed by atoms with Crippen LogP contribution in [0.3, 0.4) is 0 Å². The molecule has 1 aliphatic rings. The monoisotopic (exact) mass is 242 g/mol. The van der Waals surface area contributed by atoms with Crippen molar-refractivity contribution in [3.63, 3.8) is 0 Å². The molecule has 2 N–H and O–H groups in total. The molecule has 1 aliphatic heterocycles. The average molecular weight is 242 g/mol. The Kier molecular flexibility index (Phi) is 5.40. The van der Waals surface area contributed by atoms with Gasteiger partial charge in [-0.15, -0.1) is 0 Å². The maximum Gasteiger partial charge on any atom is 0.237 e. The molecule has 1 rings (SSSR count). The molecule has 1 saturated heterocycles. The quantitative estimate of drug-likeness (QED) is 0.741. The van der Waals surface area contributed by atoms with Gasteiger partial charge in [-0.1, -0.05) is 6.92 Å². The van der Waals surface area contributed by atoms with Crippen LogP contribution in [0.5, 0.6) is 0 Å². The lowest BCUT2D eigenvalue weighted by Gasteiger charge is -2.26. The Hall–Kier alpha value is -0.610. The average Bonchev–Trinajstić information content (AvgIpc) is 2.73. The van der Waals surface area contributed by atoms with Gasteiger partial charge < -0.3 is 15.4 Å². The van der Waals surface area contributed by atoms with Crippen molar-refractivity contribution in [2.75, 3.05) is 13.2 Å². The van der Waals surface area contributed by atoms with Gasteiger partial charge in [0.05, 0.1) is 11.6 Å². The van der Waals surface area contributed by atoms with Crippen molar-refractivity contribution >= 4 is 5.91 Å². The Balaban J connectivity index is 2.28. The maximum absolute atomic E-state index is 11.8. The van der Waals surface area contributed by atoms with Gasteiger partial charge in [-0.2, -0.15) is 0 Å². The maximum atomic E-state index is 11.8. The molecule has 4 heteroatoms. The Labute approximate surface area is 104 Å². The summed E-state index contributed by atoms with van der Waals surface area (Å²) in [5.74, 6) is 0.0703. The van der Waals surface area contributed by atoms with E-state index in [9.17, 15) is 4.79 Å². The smallest absolute Gasteiger partial charge is 0.237 e. The van der Waals surface area contributed by atoms with Crippen LogP contribution in [-0.2, 0) is 9.53 Å². The lowest BCUT2D eigenvalue weighted by Crippen LogP contribution is -2.49. The van der Waals surface area contributed by atoms with E-state index in [-0.39, 0.29) is 23.6 Å². The third-order valence-electron chi connectivity index (χ3n) is 3.48. The van der Waals surface area contributed by atoms with Crippen LogP contribution in [-0.4, -0.2) is 36.7 Å². The third-order valence-corrected chi connectivity index (χ3v) is 3.48. The van der Waals surface area contributed by atoms with E-state index in [1.165, 1.54) is 0 Å². The summed E-state index contributed by atoms with van der Waals surface area (Å²) >= 11 is 0. The molecule has 17 heavy (non-hydrogen) atoms. The minimum atomic E-state index is -0.162. The number of carbonyl (C=O) groups excluding carboxylic acids is 1. The van der Waals surface area contributed by atoms with Gasteiger partial charge in [0.15, 0.2) is 0 Å². The second-order valence-electron chi connectivity index (χ2n) is 5.32. The van der Waals surface area contributed by atoms with Crippen molar-refractivity contribution in [1.29, 1.82) is 0 Å². The number of rotatable bonds is 6. The lowest BCUT2D eigenvalue weighted by atomic mass is 10.0. The second-order valence-corrected chi connectivity index (χ2v) is 5.32. The molecule has 1 amide bonds. The van der Waals surface area contributed by atoms with Gasteiger partial charge >= 0.3 is 0 Å². The Bertz CT molecular complexity index is 250. The highest BCUT2D eigenvalue weighted by atomic mass is 16.5. The molecule has 100 valence electrons. The molecule has 0 radical (unpaired) electrons. The predicted octanol–water partition coefficient (Wildman–Crippen LogP) is 1.45. The summed E-state index contributed by atoms with van der Waals surface area (Å²) in [7, 11) is 0. The van der Waals surface area contributed by atoms with E-state index < -0.39 is 0 Å². The van der Waals surface area contributed by atoms with Gasteiger partial charge in [0, 0.05) is 19.2 Å². The molecule has 0 spiro atoms. The van der Waals surface area contributed by atoms with Gasteiger partial charge in [-0.25, -0.2) is 0 Å². The van der Waals surface area contributed by atoms with E-state index in [1.54, 1.807) is 0 Å². The van der Waals surface area contributed by atoms with Gasteiger partial charge in [0.2, 0.25) is 5.91 Å². The molecule has 0 aromatic carbocycles. The van der Waals surface area contributed by atoms with Crippen molar-refractivity contribution in [2.45, 2.75) is 64.6 Å². The molecule has 3 atom stereocenters. The van der Waals surface area contributed by atoms with Crippen LogP contribution in [0.4, 0.5) is 0 Å². The molecule has 0 saturated carbocycles. The van der Waals surface area contributed by atoms with Crippen LogP contribution in [0.2, 0.25) is 0 Å². The molecular formula is C13H26N2O2. The summed E-state index contributed by atoms with van der Waals surface area (Å²) in [6, 6.07) is 0.0788. The molecule has 3 unspecified atom stereocenters. The first-order chi connectivity index (χ1) is 7.97. The Morgan fingerprint density at radius 2 is 2.18 bits per heavy atom. The van der Waals surface area contributed by atoms with Crippen molar-refractivity contribution < 1.29 is 9.53 Å². The fourth-order valence-electron chi connectivity index (χ4n) is 1.91. The zero-order chi connectivity index (χ0) is 12.9. The molecular weight excluding hydrogens is 216 g/mol. The largest absolute Gasteiger partial charge is 0.374 e.